The van der Waals surface area contributed by atoms with Crippen LogP contribution in [-0.4, -0.2) is 19.0 Å². The number of nitrogens with one attached hydrogen (secondary N) is 1. The summed E-state index contributed by atoms with van der Waals surface area (Å²) in [7, 11) is 0. The number of amides is 1. The van der Waals surface area contributed by atoms with Crippen molar-refractivity contribution in [3.05, 3.63) is 23.8 Å². The van der Waals surface area contributed by atoms with Crippen molar-refractivity contribution in [2.24, 2.45) is 0 Å². The minimum atomic E-state index is 0.113. The molecular formula is C12H16N2O. The van der Waals surface area contributed by atoms with E-state index in [1.165, 1.54) is 0 Å². The molecule has 0 atom stereocenters. The van der Waals surface area contributed by atoms with E-state index in [1.54, 1.807) is 0 Å². The fourth-order valence-electron chi connectivity index (χ4n) is 1.97. The van der Waals surface area contributed by atoms with E-state index in [9.17, 15) is 4.79 Å². The van der Waals surface area contributed by atoms with Gasteiger partial charge in [0.05, 0.1) is 11.4 Å². The molecule has 1 aliphatic heterocycles. The third-order valence-electron chi connectivity index (χ3n) is 2.85. The molecule has 0 unspecified atom stereocenters. The molecule has 0 aliphatic carbocycles. The van der Waals surface area contributed by atoms with Crippen LogP contribution in [0, 0.1) is 6.92 Å². The summed E-state index contributed by atoms with van der Waals surface area (Å²) in [6, 6.07) is 6.13. The number of carbonyl (C=O) groups excluding carboxylic acids is 1. The van der Waals surface area contributed by atoms with Crippen LogP contribution in [0.2, 0.25) is 0 Å². The van der Waals surface area contributed by atoms with E-state index >= 15 is 0 Å². The Bertz CT molecular complexity index is 387. The van der Waals surface area contributed by atoms with Crippen LogP contribution >= 0.6 is 0 Å². The van der Waals surface area contributed by atoms with Crippen LogP contribution < -0.4 is 10.2 Å². The first kappa shape index (κ1) is 10.0. The summed E-state index contributed by atoms with van der Waals surface area (Å²) >= 11 is 0. The van der Waals surface area contributed by atoms with E-state index in [0.29, 0.717) is 6.42 Å². The van der Waals surface area contributed by atoms with E-state index < -0.39 is 0 Å². The van der Waals surface area contributed by atoms with Crippen molar-refractivity contribution >= 4 is 17.3 Å². The van der Waals surface area contributed by atoms with Crippen LogP contribution in [0.4, 0.5) is 11.4 Å². The van der Waals surface area contributed by atoms with Crippen LogP contribution in [0.1, 0.15) is 18.9 Å². The maximum atomic E-state index is 11.5. The quantitative estimate of drug-likeness (QED) is 0.760. The zero-order chi connectivity index (χ0) is 10.8. The maximum absolute atomic E-state index is 11.5. The molecular weight excluding hydrogens is 188 g/mol. The molecule has 80 valence electrons. The van der Waals surface area contributed by atoms with Gasteiger partial charge in [-0.25, -0.2) is 0 Å². The molecule has 0 fully saturated rings. The van der Waals surface area contributed by atoms with E-state index in [-0.39, 0.29) is 5.91 Å². The molecule has 1 aliphatic rings. The zero-order valence-corrected chi connectivity index (χ0v) is 9.21. The van der Waals surface area contributed by atoms with Crippen LogP contribution in [0.15, 0.2) is 18.2 Å². The number of nitrogens with zero attached hydrogens (tertiary/aromatic N) is 1. The molecule has 1 N–H and O–H groups in total. The highest BCUT2D eigenvalue weighted by Crippen LogP contribution is 2.31. The average Bonchev–Trinajstić information content (AvgIpc) is 2.38. The molecule has 0 spiro atoms. The van der Waals surface area contributed by atoms with Gasteiger partial charge in [-0.3, -0.25) is 4.79 Å². The summed E-state index contributed by atoms with van der Waals surface area (Å²) in [5.41, 5.74) is 3.24. The number of aryl methyl sites for hydroxylation is 1. The van der Waals surface area contributed by atoms with E-state index in [0.717, 1.165) is 30.0 Å². The van der Waals surface area contributed by atoms with Gasteiger partial charge >= 0.3 is 0 Å². The number of carbonyl (C=O) groups is 1. The standard InChI is InChI=1S/C12H16N2O/c1-3-14-8-7-11(15)13-12-9(2)5-4-6-10(12)14/h4-6H,3,7-8H2,1-2H3,(H,13,15). The SMILES string of the molecule is CCN1CCC(=O)Nc2c(C)cccc21. The molecule has 3 nitrogen and oxygen atoms in total. The Kier molecular flexibility index (Phi) is 2.62. The highest BCUT2D eigenvalue weighted by molar-refractivity contribution is 5.97. The average molecular weight is 204 g/mol. The number of hydrogen-bond donors (Lipinski definition) is 1. The van der Waals surface area contributed by atoms with Crippen molar-refractivity contribution in [3.8, 4) is 0 Å². The number of benzene rings is 1. The van der Waals surface area contributed by atoms with Crippen LogP contribution in [0.25, 0.3) is 0 Å². The van der Waals surface area contributed by atoms with Gasteiger partial charge in [-0.2, -0.15) is 0 Å². The van der Waals surface area contributed by atoms with Crippen molar-refractivity contribution in [2.45, 2.75) is 20.3 Å². The molecule has 0 radical (unpaired) electrons. The molecule has 15 heavy (non-hydrogen) atoms. The molecule has 1 aromatic carbocycles. The number of hydrogen-bond acceptors (Lipinski definition) is 2. The van der Waals surface area contributed by atoms with Gasteiger partial charge in [-0.1, -0.05) is 12.1 Å². The highest BCUT2D eigenvalue weighted by atomic mass is 16.1. The lowest BCUT2D eigenvalue weighted by molar-refractivity contribution is -0.115. The number of anilines is 2. The van der Waals surface area contributed by atoms with E-state index in [1.807, 2.05) is 19.1 Å². The smallest absolute Gasteiger partial charge is 0.226 e. The Morgan fingerprint density at radius 3 is 3.00 bits per heavy atom. The van der Waals surface area contributed by atoms with Crippen molar-refractivity contribution in [1.82, 2.24) is 0 Å². The highest BCUT2D eigenvalue weighted by Gasteiger charge is 2.18. The summed E-state index contributed by atoms with van der Waals surface area (Å²) in [6.07, 6.45) is 0.571. The fourth-order valence-corrected chi connectivity index (χ4v) is 1.97. The molecule has 2 rings (SSSR count). The summed E-state index contributed by atoms with van der Waals surface area (Å²) in [5, 5.41) is 2.97. The van der Waals surface area contributed by atoms with Crippen molar-refractivity contribution in [3.63, 3.8) is 0 Å². The molecule has 0 saturated carbocycles. The first-order chi connectivity index (χ1) is 7.22. The van der Waals surface area contributed by atoms with Gasteiger partial charge in [-0.05, 0) is 25.5 Å². The Morgan fingerprint density at radius 1 is 1.47 bits per heavy atom. The summed E-state index contributed by atoms with van der Waals surface area (Å²) in [5.74, 6) is 0.113. The molecule has 3 heteroatoms. The van der Waals surface area contributed by atoms with Gasteiger partial charge in [0.1, 0.15) is 0 Å². The lowest BCUT2D eigenvalue weighted by Crippen LogP contribution is -2.23. The van der Waals surface area contributed by atoms with E-state index in [4.69, 9.17) is 0 Å². The summed E-state index contributed by atoms with van der Waals surface area (Å²) in [6.45, 7) is 5.88. The Morgan fingerprint density at radius 2 is 2.27 bits per heavy atom. The lowest BCUT2D eigenvalue weighted by Gasteiger charge is -2.22. The predicted molar refractivity (Wildman–Crippen MR) is 62.3 cm³/mol. The first-order valence-electron chi connectivity index (χ1n) is 5.36. The first-order valence-corrected chi connectivity index (χ1v) is 5.36. The van der Waals surface area contributed by atoms with Crippen molar-refractivity contribution in [1.29, 1.82) is 0 Å². The third kappa shape index (κ3) is 1.82. The number of rotatable bonds is 1. The largest absolute Gasteiger partial charge is 0.370 e. The predicted octanol–water partition coefficient (Wildman–Crippen LogP) is 2.16. The minimum Gasteiger partial charge on any atom is -0.370 e. The second-order valence-corrected chi connectivity index (χ2v) is 3.85. The lowest BCUT2D eigenvalue weighted by atomic mass is 10.1. The number of para-hydroxylation sites is 1. The van der Waals surface area contributed by atoms with E-state index in [2.05, 4.69) is 23.2 Å². The van der Waals surface area contributed by atoms with Crippen LogP contribution in [0.5, 0.6) is 0 Å². The second-order valence-electron chi connectivity index (χ2n) is 3.85. The molecule has 0 aromatic heterocycles. The number of fused-ring (bicyclic) bond motifs is 1. The molecule has 1 aromatic rings. The van der Waals surface area contributed by atoms with Crippen molar-refractivity contribution < 1.29 is 4.79 Å². The van der Waals surface area contributed by atoms with Gasteiger partial charge in [0.25, 0.3) is 0 Å². The summed E-state index contributed by atoms with van der Waals surface area (Å²) < 4.78 is 0. The molecule has 1 heterocycles. The summed E-state index contributed by atoms with van der Waals surface area (Å²) in [4.78, 5) is 13.8. The Hall–Kier alpha value is -1.51. The van der Waals surface area contributed by atoms with Gasteiger partial charge in [-0.15, -0.1) is 0 Å². The van der Waals surface area contributed by atoms with Gasteiger partial charge < -0.3 is 10.2 Å². The van der Waals surface area contributed by atoms with Crippen molar-refractivity contribution in [2.75, 3.05) is 23.3 Å². The maximum Gasteiger partial charge on any atom is 0.226 e. The fraction of sp³-hybridized carbons (Fsp3) is 0.417. The Labute approximate surface area is 90.1 Å². The van der Waals surface area contributed by atoms with Crippen LogP contribution in [-0.2, 0) is 4.79 Å². The zero-order valence-electron chi connectivity index (χ0n) is 9.21. The topological polar surface area (TPSA) is 32.3 Å². The minimum absolute atomic E-state index is 0.113. The molecule has 0 saturated heterocycles. The molecule has 0 bridgehead atoms. The monoisotopic (exact) mass is 204 g/mol. The Balaban J connectivity index is 2.49. The van der Waals surface area contributed by atoms with Gasteiger partial charge in [0.15, 0.2) is 0 Å². The molecule has 1 amide bonds. The second kappa shape index (κ2) is 3.93. The third-order valence-corrected chi connectivity index (χ3v) is 2.85. The van der Waals surface area contributed by atoms with Gasteiger partial charge in [0, 0.05) is 19.5 Å². The normalized spacial score (nSPS) is 15.6. The van der Waals surface area contributed by atoms with Gasteiger partial charge in [0.2, 0.25) is 5.91 Å². The van der Waals surface area contributed by atoms with Crippen LogP contribution in [0.3, 0.4) is 0 Å².